The Balaban J connectivity index is 1.87. The van der Waals surface area contributed by atoms with Gasteiger partial charge in [-0.2, -0.15) is 0 Å². The summed E-state index contributed by atoms with van der Waals surface area (Å²) in [5.41, 5.74) is 0. The van der Waals surface area contributed by atoms with Crippen LogP contribution in [0, 0.1) is 11.8 Å². The van der Waals surface area contributed by atoms with E-state index in [0.717, 1.165) is 64.2 Å². The summed E-state index contributed by atoms with van der Waals surface area (Å²) in [4.78, 5) is 23.0. The third-order valence-corrected chi connectivity index (χ3v) is 5.07. The van der Waals surface area contributed by atoms with Crippen LogP contribution in [0.15, 0.2) is 0 Å². The third-order valence-electron chi connectivity index (χ3n) is 5.07. The van der Waals surface area contributed by atoms with Gasteiger partial charge in [0.15, 0.2) is 0 Å². The maximum atomic E-state index is 11.8. The molecule has 6 nitrogen and oxygen atoms in total. The van der Waals surface area contributed by atoms with Crippen LogP contribution < -0.4 is 0 Å². The molecule has 1 fully saturated rings. The minimum absolute atomic E-state index is 0.0822. The molecule has 26 heavy (non-hydrogen) atoms. The van der Waals surface area contributed by atoms with Gasteiger partial charge in [0, 0.05) is 19.4 Å². The van der Waals surface area contributed by atoms with Gasteiger partial charge >= 0.3 is 11.9 Å². The molecule has 6 heteroatoms. The number of esters is 2. The average Bonchev–Trinajstić information content (AvgIpc) is 2.67. The Hall–Kier alpha value is -1.14. The topological polar surface area (TPSA) is 93.1 Å². The van der Waals surface area contributed by atoms with Gasteiger partial charge in [-0.15, -0.1) is 0 Å². The quantitative estimate of drug-likeness (QED) is 0.360. The first-order valence-corrected chi connectivity index (χ1v) is 10.2. The van der Waals surface area contributed by atoms with E-state index in [1.807, 2.05) is 0 Å². The molecule has 0 aromatic carbocycles. The summed E-state index contributed by atoms with van der Waals surface area (Å²) in [5, 5.41) is 17.7. The van der Waals surface area contributed by atoms with Crippen LogP contribution in [-0.4, -0.2) is 48.6 Å². The van der Waals surface area contributed by atoms with E-state index < -0.39 is 0 Å². The van der Waals surface area contributed by atoms with Gasteiger partial charge in [0.25, 0.3) is 0 Å². The fourth-order valence-electron chi connectivity index (χ4n) is 3.34. The lowest BCUT2D eigenvalue weighted by molar-refractivity contribution is -0.146. The molecule has 0 spiro atoms. The zero-order valence-corrected chi connectivity index (χ0v) is 16.0. The Morgan fingerprint density at radius 2 is 1.23 bits per heavy atom. The van der Waals surface area contributed by atoms with Crippen LogP contribution in [0.1, 0.15) is 77.0 Å². The van der Waals surface area contributed by atoms with Crippen molar-refractivity contribution in [1.29, 1.82) is 0 Å². The molecular formula is C20H36O6. The second-order valence-electron chi connectivity index (χ2n) is 7.32. The van der Waals surface area contributed by atoms with Crippen molar-refractivity contribution in [2.75, 3.05) is 26.4 Å². The number of carbonyl (C=O) groups is 2. The number of carbonyl (C=O) groups excluding carboxylic acids is 2. The van der Waals surface area contributed by atoms with E-state index in [4.69, 9.17) is 19.7 Å². The monoisotopic (exact) mass is 372 g/mol. The van der Waals surface area contributed by atoms with Crippen molar-refractivity contribution in [2.45, 2.75) is 77.0 Å². The molecule has 1 aliphatic rings. The number of unbranched alkanes of at least 4 members (excludes halogenated alkanes) is 5. The molecule has 1 saturated carbocycles. The minimum atomic E-state index is -0.244. The summed E-state index contributed by atoms with van der Waals surface area (Å²) >= 11 is 0. The molecule has 0 unspecified atom stereocenters. The molecule has 0 saturated heterocycles. The average molecular weight is 373 g/mol. The molecular weight excluding hydrogens is 336 g/mol. The van der Waals surface area contributed by atoms with E-state index in [2.05, 4.69) is 0 Å². The van der Waals surface area contributed by atoms with Gasteiger partial charge in [0.2, 0.25) is 0 Å². The number of rotatable bonds is 14. The molecule has 0 aromatic rings. The number of aliphatic hydroxyl groups is 2. The van der Waals surface area contributed by atoms with E-state index >= 15 is 0 Å². The van der Waals surface area contributed by atoms with Crippen molar-refractivity contribution in [1.82, 2.24) is 0 Å². The van der Waals surface area contributed by atoms with E-state index in [0.29, 0.717) is 31.3 Å². The predicted molar refractivity (Wildman–Crippen MR) is 98.5 cm³/mol. The number of hydrogen-bond acceptors (Lipinski definition) is 6. The van der Waals surface area contributed by atoms with Gasteiger partial charge in [-0.3, -0.25) is 9.59 Å². The molecule has 0 atom stereocenters. The zero-order valence-electron chi connectivity index (χ0n) is 16.0. The van der Waals surface area contributed by atoms with Crippen LogP contribution in [0.4, 0.5) is 0 Å². The molecule has 0 bridgehead atoms. The van der Waals surface area contributed by atoms with Crippen molar-refractivity contribution in [3.63, 3.8) is 0 Å². The second-order valence-corrected chi connectivity index (χ2v) is 7.32. The Labute approximate surface area is 157 Å². The van der Waals surface area contributed by atoms with E-state index in [1.165, 1.54) is 0 Å². The van der Waals surface area contributed by atoms with Crippen LogP contribution in [0.25, 0.3) is 0 Å². The second kappa shape index (κ2) is 15.0. The molecule has 0 aromatic heterocycles. The van der Waals surface area contributed by atoms with Crippen molar-refractivity contribution in [2.24, 2.45) is 11.8 Å². The summed E-state index contributed by atoms with van der Waals surface area (Å²) in [7, 11) is 0. The fourth-order valence-corrected chi connectivity index (χ4v) is 3.34. The first-order valence-electron chi connectivity index (χ1n) is 10.2. The van der Waals surface area contributed by atoms with Crippen LogP contribution >= 0.6 is 0 Å². The van der Waals surface area contributed by atoms with Crippen molar-refractivity contribution in [3.8, 4) is 0 Å². The van der Waals surface area contributed by atoms with Gasteiger partial charge in [-0.1, -0.05) is 25.7 Å². The Bertz CT molecular complexity index is 376. The van der Waals surface area contributed by atoms with Gasteiger partial charge in [-0.25, -0.2) is 0 Å². The molecule has 1 rings (SSSR count). The maximum Gasteiger partial charge on any atom is 0.305 e. The standard InChI is InChI=1S/C20H36O6/c21-13-14-25-19(23)7-5-3-1-2-4-6-8-20(24)26-16-18-11-9-17(15-22)10-12-18/h17-18,21-22H,1-16H2. The maximum absolute atomic E-state index is 11.8. The molecule has 1 aliphatic carbocycles. The van der Waals surface area contributed by atoms with Crippen molar-refractivity contribution < 1.29 is 29.3 Å². The van der Waals surface area contributed by atoms with E-state index in [1.54, 1.807) is 0 Å². The first kappa shape index (κ1) is 22.9. The van der Waals surface area contributed by atoms with Gasteiger partial charge in [0.1, 0.15) is 6.61 Å². The smallest absolute Gasteiger partial charge is 0.305 e. The molecule has 2 N–H and O–H groups in total. The molecule has 0 aliphatic heterocycles. The highest BCUT2D eigenvalue weighted by molar-refractivity contribution is 5.69. The number of aliphatic hydroxyl groups excluding tert-OH is 2. The highest BCUT2D eigenvalue weighted by atomic mass is 16.5. The largest absolute Gasteiger partial charge is 0.465 e. The summed E-state index contributed by atoms with van der Waals surface area (Å²) in [6, 6.07) is 0. The Morgan fingerprint density at radius 3 is 1.77 bits per heavy atom. The van der Waals surface area contributed by atoms with Crippen LogP contribution in [0.2, 0.25) is 0 Å². The van der Waals surface area contributed by atoms with E-state index in [-0.39, 0.29) is 31.8 Å². The van der Waals surface area contributed by atoms with Crippen LogP contribution in [0.5, 0.6) is 0 Å². The van der Waals surface area contributed by atoms with Gasteiger partial charge in [0.05, 0.1) is 13.2 Å². The van der Waals surface area contributed by atoms with Crippen LogP contribution in [-0.2, 0) is 19.1 Å². The SMILES string of the molecule is O=C(CCCCCCCCC(=O)OCC1CCC(CO)CC1)OCCO. The predicted octanol–water partition coefficient (Wildman–Crippen LogP) is 2.98. The Morgan fingerprint density at radius 1 is 0.731 bits per heavy atom. The zero-order chi connectivity index (χ0) is 19.0. The molecule has 152 valence electrons. The van der Waals surface area contributed by atoms with Gasteiger partial charge < -0.3 is 19.7 Å². The highest BCUT2D eigenvalue weighted by Gasteiger charge is 2.21. The summed E-state index contributed by atoms with van der Waals surface area (Å²) in [6.07, 6.45) is 10.8. The lowest BCUT2D eigenvalue weighted by Crippen LogP contribution is -2.22. The summed E-state index contributed by atoms with van der Waals surface area (Å²) in [6.45, 7) is 0.765. The minimum Gasteiger partial charge on any atom is -0.465 e. The summed E-state index contributed by atoms with van der Waals surface area (Å²) in [5.74, 6) is 0.562. The van der Waals surface area contributed by atoms with Crippen molar-refractivity contribution >= 4 is 11.9 Å². The van der Waals surface area contributed by atoms with Gasteiger partial charge in [-0.05, 0) is 50.4 Å². The lowest BCUT2D eigenvalue weighted by atomic mass is 9.83. The third kappa shape index (κ3) is 11.5. The van der Waals surface area contributed by atoms with Crippen molar-refractivity contribution in [3.05, 3.63) is 0 Å². The highest BCUT2D eigenvalue weighted by Crippen LogP contribution is 2.28. The van der Waals surface area contributed by atoms with E-state index in [9.17, 15) is 9.59 Å². The number of ether oxygens (including phenoxy) is 2. The molecule has 0 amide bonds. The van der Waals surface area contributed by atoms with Crippen LogP contribution in [0.3, 0.4) is 0 Å². The first-order chi connectivity index (χ1) is 12.7. The fraction of sp³-hybridized carbons (Fsp3) is 0.900. The molecule has 0 radical (unpaired) electrons. The lowest BCUT2D eigenvalue weighted by Gasteiger charge is -2.26. The summed E-state index contributed by atoms with van der Waals surface area (Å²) < 4.78 is 10.2. The Kier molecular flexibility index (Phi) is 13.2. The number of hydrogen-bond donors (Lipinski definition) is 2. The molecule has 0 heterocycles. The normalized spacial score (nSPS) is 19.9.